The van der Waals surface area contributed by atoms with Gasteiger partial charge in [0.2, 0.25) is 0 Å². The van der Waals surface area contributed by atoms with Gasteiger partial charge in [0.15, 0.2) is 0 Å². The number of anilines is 1. The number of rotatable bonds is 10. The highest BCUT2D eigenvalue weighted by molar-refractivity contribution is 5.91. The van der Waals surface area contributed by atoms with Gasteiger partial charge in [0.25, 0.3) is 0 Å². The van der Waals surface area contributed by atoms with E-state index >= 15 is 0 Å². The molecule has 5 heteroatoms. The van der Waals surface area contributed by atoms with Crippen LogP contribution in [0.2, 0.25) is 0 Å². The fourth-order valence-electron chi connectivity index (χ4n) is 1.82. The van der Waals surface area contributed by atoms with E-state index in [0.717, 1.165) is 12.8 Å². The summed E-state index contributed by atoms with van der Waals surface area (Å²) in [4.78, 5) is 11.7. The van der Waals surface area contributed by atoms with Crippen LogP contribution in [0.15, 0.2) is 18.2 Å². The van der Waals surface area contributed by atoms with E-state index in [1.54, 1.807) is 25.3 Å². The monoisotopic (exact) mass is 295 g/mol. The van der Waals surface area contributed by atoms with E-state index in [-0.39, 0.29) is 6.61 Å². The van der Waals surface area contributed by atoms with Gasteiger partial charge < -0.3 is 19.9 Å². The highest BCUT2D eigenvalue weighted by Crippen LogP contribution is 2.23. The predicted octanol–water partition coefficient (Wildman–Crippen LogP) is 3.03. The Hall–Kier alpha value is -1.75. The minimum atomic E-state index is -0.409. The second-order valence-corrected chi connectivity index (χ2v) is 4.79. The number of unbranched alkanes of at least 4 members (excludes halogenated alkanes) is 3. The molecule has 0 saturated heterocycles. The van der Waals surface area contributed by atoms with Gasteiger partial charge in [0.1, 0.15) is 12.4 Å². The lowest BCUT2D eigenvalue weighted by Gasteiger charge is -2.10. The molecule has 21 heavy (non-hydrogen) atoms. The summed E-state index contributed by atoms with van der Waals surface area (Å²) < 4.78 is 15.5. The molecule has 0 radical (unpaired) electrons. The number of hydrogen-bond acceptors (Lipinski definition) is 5. The van der Waals surface area contributed by atoms with Gasteiger partial charge in [0, 0.05) is 7.11 Å². The van der Waals surface area contributed by atoms with Crippen LogP contribution in [-0.4, -0.2) is 32.9 Å². The lowest BCUT2D eigenvalue weighted by atomic mass is 10.2. The normalized spacial score (nSPS) is 10.4. The molecule has 0 heterocycles. The lowest BCUT2D eigenvalue weighted by molar-refractivity contribution is 0.0388. The van der Waals surface area contributed by atoms with E-state index in [0.29, 0.717) is 30.2 Å². The molecule has 1 aromatic carbocycles. The number of hydrogen-bond donors (Lipinski definition) is 1. The predicted molar refractivity (Wildman–Crippen MR) is 82.6 cm³/mol. The summed E-state index contributed by atoms with van der Waals surface area (Å²) in [6.07, 6.45) is 4.57. The van der Waals surface area contributed by atoms with Crippen LogP contribution in [0.1, 0.15) is 43.0 Å². The molecule has 0 fully saturated rings. The first kappa shape index (κ1) is 17.3. The minimum absolute atomic E-state index is 0.227. The average molecular weight is 295 g/mol. The second kappa shape index (κ2) is 10.0. The van der Waals surface area contributed by atoms with Crippen LogP contribution in [0.25, 0.3) is 0 Å². The van der Waals surface area contributed by atoms with Crippen molar-refractivity contribution in [2.45, 2.75) is 32.6 Å². The molecule has 0 amide bonds. The number of carbonyl (C=O) groups excluding carboxylic acids is 1. The van der Waals surface area contributed by atoms with E-state index in [9.17, 15) is 4.79 Å². The van der Waals surface area contributed by atoms with Gasteiger partial charge in [-0.2, -0.15) is 0 Å². The van der Waals surface area contributed by atoms with Gasteiger partial charge in [-0.3, -0.25) is 0 Å². The van der Waals surface area contributed by atoms with Crippen LogP contribution in [0.3, 0.4) is 0 Å². The van der Waals surface area contributed by atoms with Gasteiger partial charge in [0.05, 0.1) is 24.5 Å². The highest BCUT2D eigenvalue weighted by Gasteiger charge is 2.10. The van der Waals surface area contributed by atoms with Crippen molar-refractivity contribution in [1.29, 1.82) is 0 Å². The Morgan fingerprint density at radius 1 is 1.14 bits per heavy atom. The molecule has 1 rings (SSSR count). The van der Waals surface area contributed by atoms with Crippen molar-refractivity contribution in [3.05, 3.63) is 23.8 Å². The maximum absolute atomic E-state index is 11.7. The summed E-state index contributed by atoms with van der Waals surface area (Å²) in [5.41, 5.74) is 6.77. The zero-order chi connectivity index (χ0) is 15.5. The van der Waals surface area contributed by atoms with Crippen LogP contribution < -0.4 is 10.5 Å². The first-order valence-corrected chi connectivity index (χ1v) is 7.37. The molecule has 0 saturated carbocycles. The van der Waals surface area contributed by atoms with E-state index in [4.69, 9.17) is 19.9 Å². The number of ether oxygens (including phenoxy) is 3. The quantitative estimate of drug-likeness (QED) is 0.408. The largest absolute Gasteiger partial charge is 0.491 e. The zero-order valence-electron chi connectivity index (χ0n) is 12.9. The third kappa shape index (κ3) is 6.49. The second-order valence-electron chi connectivity index (χ2n) is 4.79. The highest BCUT2D eigenvalue weighted by atomic mass is 16.6. The SMILES string of the molecule is CCCCCCOc1ccc(C(=O)OCCOC)cc1N. The Kier molecular flexibility index (Phi) is 8.28. The molecule has 2 N–H and O–H groups in total. The summed E-state index contributed by atoms with van der Waals surface area (Å²) in [5.74, 6) is 0.202. The average Bonchev–Trinajstić information content (AvgIpc) is 2.48. The van der Waals surface area contributed by atoms with Gasteiger partial charge in [-0.25, -0.2) is 4.79 Å². The summed E-state index contributed by atoms with van der Waals surface area (Å²) in [7, 11) is 1.55. The maximum atomic E-state index is 11.7. The molecule has 0 spiro atoms. The number of carbonyl (C=O) groups is 1. The number of nitrogen functional groups attached to an aromatic ring is 1. The van der Waals surface area contributed by atoms with Gasteiger partial charge in [-0.05, 0) is 24.6 Å². The van der Waals surface area contributed by atoms with Gasteiger partial charge in [-0.1, -0.05) is 26.2 Å². The molecule has 0 bridgehead atoms. The van der Waals surface area contributed by atoms with Crippen molar-refractivity contribution in [3.8, 4) is 5.75 Å². The molecule has 1 aromatic rings. The third-order valence-electron chi connectivity index (χ3n) is 3.02. The minimum Gasteiger partial charge on any atom is -0.491 e. The van der Waals surface area contributed by atoms with E-state index in [2.05, 4.69) is 6.92 Å². The lowest BCUT2D eigenvalue weighted by Crippen LogP contribution is -2.10. The molecule has 0 atom stereocenters. The third-order valence-corrected chi connectivity index (χ3v) is 3.02. The van der Waals surface area contributed by atoms with Crippen molar-refractivity contribution in [3.63, 3.8) is 0 Å². The topological polar surface area (TPSA) is 70.8 Å². The van der Waals surface area contributed by atoms with E-state index in [1.165, 1.54) is 12.8 Å². The van der Waals surface area contributed by atoms with E-state index in [1.807, 2.05) is 0 Å². The number of esters is 1. The zero-order valence-corrected chi connectivity index (χ0v) is 12.9. The summed E-state index contributed by atoms with van der Waals surface area (Å²) >= 11 is 0. The standard InChI is InChI=1S/C16H25NO4/c1-3-4-5-6-9-20-15-8-7-13(12-14(15)17)16(18)21-11-10-19-2/h7-8,12H,3-6,9-11,17H2,1-2H3. The molecule has 0 unspecified atom stereocenters. The summed E-state index contributed by atoms with van der Waals surface area (Å²) in [6.45, 7) is 3.41. The van der Waals surface area contributed by atoms with Crippen molar-refractivity contribution in [2.75, 3.05) is 32.7 Å². The van der Waals surface area contributed by atoms with Gasteiger partial charge in [-0.15, -0.1) is 0 Å². The fourth-order valence-corrected chi connectivity index (χ4v) is 1.82. The van der Waals surface area contributed by atoms with Crippen LogP contribution in [-0.2, 0) is 9.47 Å². The molecule has 0 aromatic heterocycles. The Balaban J connectivity index is 2.45. The Labute approximate surface area is 126 Å². The van der Waals surface area contributed by atoms with Crippen LogP contribution in [0.5, 0.6) is 5.75 Å². The molecular formula is C16H25NO4. The number of benzene rings is 1. The van der Waals surface area contributed by atoms with Crippen LogP contribution in [0.4, 0.5) is 5.69 Å². The molecule has 118 valence electrons. The Morgan fingerprint density at radius 2 is 1.95 bits per heavy atom. The summed E-state index contributed by atoms with van der Waals surface area (Å²) in [6, 6.07) is 4.95. The number of methoxy groups -OCH3 is 1. The van der Waals surface area contributed by atoms with Crippen molar-refractivity contribution in [1.82, 2.24) is 0 Å². The first-order chi connectivity index (χ1) is 10.2. The first-order valence-electron chi connectivity index (χ1n) is 7.37. The smallest absolute Gasteiger partial charge is 0.338 e. The van der Waals surface area contributed by atoms with Gasteiger partial charge >= 0.3 is 5.97 Å². The van der Waals surface area contributed by atoms with Crippen LogP contribution >= 0.6 is 0 Å². The molecule has 0 aliphatic carbocycles. The van der Waals surface area contributed by atoms with Crippen LogP contribution in [0, 0.1) is 0 Å². The maximum Gasteiger partial charge on any atom is 0.338 e. The molecule has 0 aliphatic heterocycles. The molecule has 0 aliphatic rings. The van der Waals surface area contributed by atoms with Crippen molar-refractivity contribution >= 4 is 11.7 Å². The fraction of sp³-hybridized carbons (Fsp3) is 0.562. The Bertz CT molecular complexity index is 434. The van der Waals surface area contributed by atoms with Crippen molar-refractivity contribution < 1.29 is 19.0 Å². The number of nitrogens with two attached hydrogens (primary N) is 1. The van der Waals surface area contributed by atoms with E-state index < -0.39 is 5.97 Å². The van der Waals surface area contributed by atoms with Crippen molar-refractivity contribution in [2.24, 2.45) is 0 Å². The summed E-state index contributed by atoms with van der Waals surface area (Å²) in [5, 5.41) is 0. The molecular weight excluding hydrogens is 270 g/mol. The molecule has 5 nitrogen and oxygen atoms in total. The Morgan fingerprint density at radius 3 is 2.62 bits per heavy atom.